The average molecular weight is 291 g/mol. The van der Waals surface area contributed by atoms with Gasteiger partial charge in [-0.2, -0.15) is 0 Å². The molecule has 1 aromatic carbocycles. The van der Waals surface area contributed by atoms with Crippen LogP contribution in [0, 0.1) is 0 Å². The summed E-state index contributed by atoms with van der Waals surface area (Å²) < 4.78 is 5.55. The predicted molar refractivity (Wildman–Crippen MR) is 67.3 cm³/mol. The molecule has 1 heterocycles. The molecule has 0 aromatic heterocycles. The van der Waals surface area contributed by atoms with Crippen molar-refractivity contribution in [1.29, 1.82) is 0 Å². The first-order valence-corrected chi connectivity index (χ1v) is 6.18. The average Bonchev–Trinajstić information content (AvgIpc) is 2.20. The molecule has 0 amide bonds. The van der Waals surface area contributed by atoms with Gasteiger partial charge in [0.05, 0.1) is 22.6 Å². The van der Waals surface area contributed by atoms with Gasteiger partial charge in [0.15, 0.2) is 0 Å². The van der Waals surface area contributed by atoms with Gasteiger partial charge >= 0.3 is 5.97 Å². The largest absolute Gasteiger partial charge is 0.490 e. The number of hydrogen-bond acceptors (Lipinski definition) is 3. The second-order valence-corrected chi connectivity index (χ2v) is 5.25. The van der Waals surface area contributed by atoms with Crippen LogP contribution in [-0.4, -0.2) is 22.3 Å². The molecule has 98 valence electrons. The van der Waals surface area contributed by atoms with E-state index in [2.05, 4.69) is 0 Å². The third-order valence-electron chi connectivity index (χ3n) is 2.92. The van der Waals surface area contributed by atoms with Crippen LogP contribution >= 0.6 is 23.2 Å². The minimum atomic E-state index is -1.55. The van der Waals surface area contributed by atoms with Crippen LogP contribution in [0.5, 0.6) is 5.75 Å². The van der Waals surface area contributed by atoms with Crippen molar-refractivity contribution in [1.82, 2.24) is 0 Å². The molecule has 0 unspecified atom stereocenters. The number of hydrogen-bond donors (Lipinski definition) is 2. The first-order valence-electron chi connectivity index (χ1n) is 5.43. The molecule has 2 rings (SSSR count). The summed E-state index contributed by atoms with van der Waals surface area (Å²) in [4.78, 5) is 10.9. The van der Waals surface area contributed by atoms with Crippen molar-refractivity contribution in [2.75, 3.05) is 0 Å². The fourth-order valence-corrected chi connectivity index (χ4v) is 2.80. The molecule has 0 spiro atoms. The number of benzene rings is 1. The van der Waals surface area contributed by atoms with Crippen LogP contribution in [0.4, 0.5) is 0 Å². The van der Waals surface area contributed by atoms with Gasteiger partial charge in [0.2, 0.25) is 0 Å². The Kier molecular flexibility index (Phi) is 3.45. The Morgan fingerprint density at radius 1 is 1.56 bits per heavy atom. The van der Waals surface area contributed by atoms with Gasteiger partial charge in [0.1, 0.15) is 11.4 Å². The van der Waals surface area contributed by atoms with E-state index in [1.807, 2.05) is 0 Å². The number of carbonyl (C=O) groups is 1. The second kappa shape index (κ2) is 4.61. The summed E-state index contributed by atoms with van der Waals surface area (Å²) in [7, 11) is 0. The number of aliphatic carboxylic acids is 1. The molecule has 2 N–H and O–H groups in total. The van der Waals surface area contributed by atoms with E-state index in [-0.39, 0.29) is 28.1 Å². The smallest absolute Gasteiger partial charge is 0.306 e. The summed E-state index contributed by atoms with van der Waals surface area (Å²) in [5.41, 5.74) is -1.29. The highest BCUT2D eigenvalue weighted by Gasteiger charge is 2.42. The van der Waals surface area contributed by atoms with E-state index in [4.69, 9.17) is 33.0 Å². The maximum absolute atomic E-state index is 10.9. The van der Waals surface area contributed by atoms with Crippen molar-refractivity contribution in [2.45, 2.75) is 31.5 Å². The molecule has 0 fully saturated rings. The first kappa shape index (κ1) is 13.5. The SMILES string of the molecule is C[C@@H]1C[C@@](O)(CC(=O)O)c2c(ccc(Cl)c2Cl)O1. The van der Waals surface area contributed by atoms with E-state index in [1.54, 1.807) is 19.1 Å². The van der Waals surface area contributed by atoms with Crippen LogP contribution in [0.2, 0.25) is 10.0 Å². The van der Waals surface area contributed by atoms with Crippen molar-refractivity contribution in [3.05, 3.63) is 27.7 Å². The van der Waals surface area contributed by atoms with Crippen LogP contribution in [0.1, 0.15) is 25.3 Å². The molecule has 0 radical (unpaired) electrons. The number of halogens is 2. The van der Waals surface area contributed by atoms with Crippen LogP contribution in [0.25, 0.3) is 0 Å². The monoisotopic (exact) mass is 290 g/mol. The summed E-state index contributed by atoms with van der Waals surface area (Å²) >= 11 is 12.0. The van der Waals surface area contributed by atoms with Gasteiger partial charge in [-0.3, -0.25) is 4.79 Å². The van der Waals surface area contributed by atoms with Crippen molar-refractivity contribution < 1.29 is 19.7 Å². The fourth-order valence-electron chi connectivity index (χ4n) is 2.31. The Labute approximate surface area is 114 Å². The lowest BCUT2D eigenvalue weighted by Gasteiger charge is -2.37. The molecule has 1 aliphatic rings. The van der Waals surface area contributed by atoms with Gasteiger partial charge in [-0.15, -0.1) is 0 Å². The highest BCUT2D eigenvalue weighted by molar-refractivity contribution is 6.42. The maximum Gasteiger partial charge on any atom is 0.306 e. The summed E-state index contributed by atoms with van der Waals surface area (Å²) in [5, 5.41) is 19.9. The molecule has 4 nitrogen and oxygen atoms in total. The molecule has 1 aliphatic heterocycles. The van der Waals surface area contributed by atoms with Crippen LogP contribution in [0.15, 0.2) is 12.1 Å². The Morgan fingerprint density at radius 3 is 2.83 bits per heavy atom. The summed E-state index contributed by atoms with van der Waals surface area (Å²) in [5.74, 6) is -0.722. The summed E-state index contributed by atoms with van der Waals surface area (Å²) in [6, 6.07) is 3.15. The van der Waals surface area contributed by atoms with Crippen molar-refractivity contribution >= 4 is 29.2 Å². The maximum atomic E-state index is 10.9. The van der Waals surface area contributed by atoms with Crippen LogP contribution in [0.3, 0.4) is 0 Å². The molecular formula is C12H12Cl2O4. The topological polar surface area (TPSA) is 66.8 Å². The Bertz CT molecular complexity index is 503. The van der Waals surface area contributed by atoms with E-state index >= 15 is 0 Å². The van der Waals surface area contributed by atoms with Gasteiger partial charge in [0, 0.05) is 12.0 Å². The highest BCUT2D eigenvalue weighted by atomic mass is 35.5. The van der Waals surface area contributed by atoms with E-state index < -0.39 is 18.0 Å². The van der Waals surface area contributed by atoms with E-state index in [1.165, 1.54) is 0 Å². The quantitative estimate of drug-likeness (QED) is 0.879. The lowest BCUT2D eigenvalue weighted by Crippen LogP contribution is -2.39. The fraction of sp³-hybridized carbons (Fsp3) is 0.417. The molecule has 1 aromatic rings. The van der Waals surface area contributed by atoms with E-state index in [0.717, 1.165) is 0 Å². The molecule has 0 saturated carbocycles. The highest BCUT2D eigenvalue weighted by Crippen LogP contribution is 2.47. The molecular weight excluding hydrogens is 279 g/mol. The molecule has 18 heavy (non-hydrogen) atoms. The first-order chi connectivity index (χ1) is 8.33. The standard InChI is InChI=1S/C12H12Cl2O4/c1-6-4-12(17,5-9(15)16)10-8(18-6)3-2-7(13)11(10)14/h2-3,6,17H,4-5H2,1H3,(H,15,16)/t6-,12-/m1/s1. The minimum absolute atomic E-state index is 0.143. The van der Waals surface area contributed by atoms with Crippen molar-refractivity contribution in [3.8, 4) is 5.75 Å². The third-order valence-corrected chi connectivity index (χ3v) is 3.72. The third kappa shape index (κ3) is 2.28. The molecule has 2 atom stereocenters. The lowest BCUT2D eigenvalue weighted by molar-refractivity contribution is -0.145. The molecule has 0 saturated heterocycles. The van der Waals surface area contributed by atoms with Gasteiger partial charge in [0.25, 0.3) is 0 Å². The summed E-state index contributed by atoms with van der Waals surface area (Å²) in [6.07, 6.45) is -0.570. The number of fused-ring (bicyclic) bond motifs is 1. The zero-order chi connectivity index (χ0) is 13.5. The van der Waals surface area contributed by atoms with Crippen molar-refractivity contribution in [3.63, 3.8) is 0 Å². The van der Waals surface area contributed by atoms with Crippen molar-refractivity contribution in [2.24, 2.45) is 0 Å². The van der Waals surface area contributed by atoms with Crippen LogP contribution in [-0.2, 0) is 10.4 Å². The Balaban J connectivity index is 2.59. The minimum Gasteiger partial charge on any atom is -0.490 e. The number of carboxylic acid groups (broad SMARTS) is 1. The molecule has 0 bridgehead atoms. The van der Waals surface area contributed by atoms with Crippen LogP contribution < -0.4 is 4.74 Å². The number of ether oxygens (including phenoxy) is 1. The Morgan fingerprint density at radius 2 is 2.22 bits per heavy atom. The Hall–Kier alpha value is -0.970. The van der Waals surface area contributed by atoms with Gasteiger partial charge < -0.3 is 14.9 Å². The zero-order valence-corrected chi connectivity index (χ0v) is 11.1. The molecule has 0 aliphatic carbocycles. The van der Waals surface area contributed by atoms with Gasteiger partial charge in [-0.1, -0.05) is 23.2 Å². The number of rotatable bonds is 2. The predicted octanol–water partition coefficient (Wildman–Crippen LogP) is 2.83. The van der Waals surface area contributed by atoms with E-state index in [0.29, 0.717) is 5.75 Å². The lowest BCUT2D eigenvalue weighted by atomic mass is 9.83. The van der Waals surface area contributed by atoms with Gasteiger partial charge in [-0.25, -0.2) is 0 Å². The number of carboxylic acids is 1. The van der Waals surface area contributed by atoms with Gasteiger partial charge in [-0.05, 0) is 19.1 Å². The zero-order valence-electron chi connectivity index (χ0n) is 9.61. The van der Waals surface area contributed by atoms with E-state index in [9.17, 15) is 9.90 Å². The summed E-state index contributed by atoms with van der Waals surface area (Å²) in [6.45, 7) is 1.76. The normalized spacial score (nSPS) is 26.3. The number of aliphatic hydroxyl groups is 1. The second-order valence-electron chi connectivity index (χ2n) is 4.47. The molecule has 6 heteroatoms.